The van der Waals surface area contributed by atoms with Gasteiger partial charge in [0.15, 0.2) is 5.13 Å². The number of nitrogens with zero attached hydrogens (tertiary/aromatic N) is 1. The Bertz CT molecular complexity index is 938. The summed E-state index contributed by atoms with van der Waals surface area (Å²) >= 11 is 1.14. The number of phenols is 1. The van der Waals surface area contributed by atoms with Gasteiger partial charge in [0.1, 0.15) is 17.2 Å². The minimum absolute atomic E-state index is 0.0496. The third-order valence-electron chi connectivity index (χ3n) is 3.41. The smallest absolute Gasteiger partial charge is 0.275 e. The number of hydrogen-bond acceptors (Lipinski definition) is 6. The van der Waals surface area contributed by atoms with E-state index in [9.17, 15) is 14.7 Å². The van der Waals surface area contributed by atoms with E-state index >= 15 is 0 Å². The number of ether oxygens (including phenoxy) is 1. The van der Waals surface area contributed by atoms with Gasteiger partial charge in [-0.05, 0) is 36.4 Å². The Hall–Kier alpha value is -3.39. The van der Waals surface area contributed by atoms with Crippen molar-refractivity contribution in [2.45, 2.75) is 0 Å². The van der Waals surface area contributed by atoms with Crippen LogP contribution in [0.4, 0.5) is 10.8 Å². The number of benzene rings is 2. The number of thiazole rings is 1. The molecule has 0 saturated carbocycles. The van der Waals surface area contributed by atoms with Crippen molar-refractivity contribution >= 4 is 34.0 Å². The second-order valence-electron chi connectivity index (χ2n) is 5.22. The number of carbonyl (C=O) groups excluding carboxylic acids is 2. The van der Waals surface area contributed by atoms with E-state index in [0.717, 1.165) is 11.3 Å². The molecule has 1 aromatic heterocycles. The van der Waals surface area contributed by atoms with Crippen LogP contribution in [0.25, 0.3) is 0 Å². The summed E-state index contributed by atoms with van der Waals surface area (Å²) in [6, 6.07) is 12.8. The van der Waals surface area contributed by atoms with Gasteiger partial charge in [-0.3, -0.25) is 14.9 Å². The van der Waals surface area contributed by atoms with Crippen molar-refractivity contribution in [1.82, 2.24) is 4.98 Å². The molecule has 0 aliphatic heterocycles. The normalized spacial score (nSPS) is 10.2. The van der Waals surface area contributed by atoms with E-state index < -0.39 is 5.91 Å². The Balaban J connectivity index is 1.65. The second kappa shape index (κ2) is 7.66. The van der Waals surface area contributed by atoms with Crippen LogP contribution >= 0.6 is 11.3 Å². The molecule has 0 saturated heterocycles. The van der Waals surface area contributed by atoms with Crippen LogP contribution in [0.1, 0.15) is 20.8 Å². The number of anilines is 2. The first-order valence-electron chi connectivity index (χ1n) is 7.56. The molecule has 3 rings (SSSR count). The topological polar surface area (TPSA) is 101 Å². The minimum Gasteiger partial charge on any atom is -0.508 e. The fraction of sp³-hybridized carbons (Fsp3) is 0.0556. The molecule has 1 heterocycles. The van der Waals surface area contributed by atoms with Crippen molar-refractivity contribution in [3.8, 4) is 11.5 Å². The number of carbonyl (C=O) groups is 2. The number of methoxy groups -OCH3 is 1. The maximum Gasteiger partial charge on any atom is 0.275 e. The summed E-state index contributed by atoms with van der Waals surface area (Å²) in [4.78, 5) is 28.5. The van der Waals surface area contributed by atoms with E-state index in [-0.39, 0.29) is 17.4 Å². The van der Waals surface area contributed by atoms with Gasteiger partial charge in [-0.15, -0.1) is 11.3 Å². The van der Waals surface area contributed by atoms with Crippen LogP contribution in [0, 0.1) is 0 Å². The summed E-state index contributed by atoms with van der Waals surface area (Å²) in [5.41, 5.74) is 1.07. The van der Waals surface area contributed by atoms with Crippen LogP contribution in [-0.2, 0) is 0 Å². The van der Waals surface area contributed by atoms with Crippen molar-refractivity contribution in [1.29, 1.82) is 0 Å². The highest BCUT2D eigenvalue weighted by atomic mass is 32.1. The van der Waals surface area contributed by atoms with E-state index in [1.807, 2.05) is 0 Å². The average molecular weight is 369 g/mol. The minimum atomic E-state index is -0.434. The van der Waals surface area contributed by atoms with Gasteiger partial charge in [-0.2, -0.15) is 0 Å². The number of hydrogen-bond donors (Lipinski definition) is 3. The SMILES string of the molecule is COc1ccc(C(=O)Nc2nc(C(=O)Nc3cccc(O)c3)cs2)cc1. The van der Waals surface area contributed by atoms with E-state index in [0.29, 0.717) is 22.1 Å². The Labute approximate surface area is 153 Å². The van der Waals surface area contributed by atoms with Gasteiger partial charge < -0.3 is 15.2 Å². The van der Waals surface area contributed by atoms with E-state index in [1.165, 1.54) is 12.1 Å². The zero-order valence-corrected chi connectivity index (χ0v) is 14.5. The highest BCUT2D eigenvalue weighted by molar-refractivity contribution is 7.14. The lowest BCUT2D eigenvalue weighted by molar-refractivity contribution is 0.101. The third-order valence-corrected chi connectivity index (χ3v) is 4.17. The first-order chi connectivity index (χ1) is 12.5. The predicted octanol–water partition coefficient (Wildman–Crippen LogP) is 3.36. The van der Waals surface area contributed by atoms with E-state index in [1.54, 1.807) is 48.9 Å². The van der Waals surface area contributed by atoms with Gasteiger partial charge in [0.2, 0.25) is 0 Å². The number of aromatic hydroxyl groups is 1. The molecular formula is C18H15N3O4S. The van der Waals surface area contributed by atoms with Crippen LogP contribution in [0.2, 0.25) is 0 Å². The lowest BCUT2D eigenvalue weighted by Gasteiger charge is -2.04. The van der Waals surface area contributed by atoms with Gasteiger partial charge in [-0.25, -0.2) is 4.98 Å². The number of nitrogens with one attached hydrogen (secondary N) is 2. The molecule has 3 aromatic rings. The first-order valence-corrected chi connectivity index (χ1v) is 8.44. The lowest BCUT2D eigenvalue weighted by atomic mass is 10.2. The molecule has 0 spiro atoms. The standard InChI is InChI=1S/C18H15N3O4S/c1-25-14-7-5-11(6-8-14)16(23)21-18-20-15(10-26-18)17(24)19-12-3-2-4-13(22)9-12/h2-10,22H,1H3,(H,19,24)(H,20,21,23). The monoisotopic (exact) mass is 369 g/mol. The number of rotatable bonds is 5. The Morgan fingerprint density at radius 1 is 1.08 bits per heavy atom. The predicted molar refractivity (Wildman–Crippen MR) is 99.1 cm³/mol. The maximum absolute atomic E-state index is 12.2. The fourth-order valence-corrected chi connectivity index (χ4v) is 2.81. The van der Waals surface area contributed by atoms with E-state index in [4.69, 9.17) is 4.74 Å². The molecule has 132 valence electrons. The fourth-order valence-electron chi connectivity index (χ4n) is 2.13. The summed E-state index contributed by atoms with van der Waals surface area (Å²) in [5.74, 6) is -0.0611. The summed E-state index contributed by atoms with van der Waals surface area (Å²) in [6.45, 7) is 0. The first kappa shape index (κ1) is 17.4. The van der Waals surface area contributed by atoms with Gasteiger partial charge in [-0.1, -0.05) is 6.07 Å². The quantitative estimate of drug-likeness (QED) is 0.640. The van der Waals surface area contributed by atoms with Gasteiger partial charge >= 0.3 is 0 Å². The largest absolute Gasteiger partial charge is 0.508 e. The summed E-state index contributed by atoms with van der Waals surface area (Å²) < 4.78 is 5.05. The lowest BCUT2D eigenvalue weighted by Crippen LogP contribution is -2.14. The molecule has 0 unspecified atom stereocenters. The molecule has 2 aromatic carbocycles. The molecule has 26 heavy (non-hydrogen) atoms. The zero-order valence-electron chi connectivity index (χ0n) is 13.7. The highest BCUT2D eigenvalue weighted by Gasteiger charge is 2.14. The Kier molecular flexibility index (Phi) is 5.14. The molecule has 0 bridgehead atoms. The van der Waals surface area contributed by atoms with Crippen LogP contribution < -0.4 is 15.4 Å². The van der Waals surface area contributed by atoms with E-state index in [2.05, 4.69) is 15.6 Å². The van der Waals surface area contributed by atoms with Crippen LogP contribution in [0.3, 0.4) is 0 Å². The van der Waals surface area contributed by atoms with Gasteiger partial charge in [0, 0.05) is 22.7 Å². The molecule has 0 fully saturated rings. The van der Waals surface area contributed by atoms with Crippen LogP contribution in [-0.4, -0.2) is 29.0 Å². The molecule has 0 aliphatic carbocycles. The number of phenolic OH excluding ortho intramolecular Hbond substituents is 1. The molecule has 7 nitrogen and oxygen atoms in total. The summed E-state index contributed by atoms with van der Waals surface area (Å²) in [5, 5.41) is 16.6. The zero-order chi connectivity index (χ0) is 18.5. The maximum atomic E-state index is 12.2. The Morgan fingerprint density at radius 3 is 2.54 bits per heavy atom. The number of amides is 2. The van der Waals surface area contributed by atoms with Gasteiger partial charge in [0.25, 0.3) is 11.8 Å². The molecule has 0 atom stereocenters. The van der Waals surface area contributed by atoms with Crippen molar-refractivity contribution < 1.29 is 19.4 Å². The number of aromatic nitrogens is 1. The van der Waals surface area contributed by atoms with Crippen molar-refractivity contribution in [3.05, 3.63) is 65.2 Å². The molecule has 3 N–H and O–H groups in total. The molecule has 8 heteroatoms. The van der Waals surface area contributed by atoms with Gasteiger partial charge in [0.05, 0.1) is 7.11 Å². The van der Waals surface area contributed by atoms with Crippen LogP contribution in [0.15, 0.2) is 53.9 Å². The molecule has 0 aliphatic rings. The highest BCUT2D eigenvalue weighted by Crippen LogP contribution is 2.20. The average Bonchev–Trinajstić information content (AvgIpc) is 3.10. The third kappa shape index (κ3) is 4.17. The van der Waals surface area contributed by atoms with Crippen LogP contribution in [0.5, 0.6) is 11.5 Å². The summed E-state index contributed by atoms with van der Waals surface area (Å²) in [7, 11) is 1.55. The molecular weight excluding hydrogens is 354 g/mol. The van der Waals surface area contributed by atoms with Crippen molar-refractivity contribution in [3.63, 3.8) is 0 Å². The molecule has 2 amide bonds. The molecule has 0 radical (unpaired) electrons. The van der Waals surface area contributed by atoms with Crippen molar-refractivity contribution in [2.24, 2.45) is 0 Å². The summed E-state index contributed by atoms with van der Waals surface area (Å²) in [6.07, 6.45) is 0. The van der Waals surface area contributed by atoms with Crippen molar-refractivity contribution in [2.75, 3.05) is 17.7 Å². The second-order valence-corrected chi connectivity index (χ2v) is 6.08. The Morgan fingerprint density at radius 2 is 1.85 bits per heavy atom.